The average molecular weight is 490 g/mol. The van der Waals surface area contributed by atoms with E-state index in [1.165, 1.54) is 4.90 Å². The first kappa shape index (κ1) is 25.7. The number of para-hydroxylation sites is 1. The molecule has 0 radical (unpaired) electrons. The zero-order valence-electron chi connectivity index (χ0n) is 21.4. The van der Waals surface area contributed by atoms with E-state index in [0.29, 0.717) is 29.5 Å². The van der Waals surface area contributed by atoms with Crippen molar-refractivity contribution in [3.63, 3.8) is 0 Å². The largest absolute Gasteiger partial charge is 0.487 e. The molecule has 2 atom stereocenters. The molecule has 8 nitrogen and oxygen atoms in total. The molecule has 8 heteroatoms. The molecule has 4 rings (SSSR count). The minimum absolute atomic E-state index is 0.0881. The number of nitrogens with one attached hydrogen (secondary N) is 1. The number of nitrogens with zero attached hydrogens (tertiary/aromatic N) is 3. The van der Waals surface area contributed by atoms with E-state index < -0.39 is 17.4 Å². The molecule has 2 aliphatic rings. The van der Waals surface area contributed by atoms with Gasteiger partial charge in [-0.3, -0.25) is 15.0 Å². The molecule has 0 aliphatic carbocycles. The summed E-state index contributed by atoms with van der Waals surface area (Å²) in [4.78, 5) is 19.1. The standard InChI is InChI=1S/C28H35N5O3/c1-5-28(6-2)15-24(34)33(26(30)32-28)17-19-11-18(16-29)12-20(13-19)25(35)31-22-14-27(3,4)36-23-10-8-7-9-21(22)23/h7-13,22,25,31,35H,5-6,14-15,17H2,1-4H3,(H2,30,32)/t22-,25?/m1/s1. The van der Waals surface area contributed by atoms with Crippen LogP contribution in [0.1, 0.15) is 87.9 Å². The molecule has 1 amide bonds. The van der Waals surface area contributed by atoms with Crippen molar-refractivity contribution in [2.75, 3.05) is 0 Å². The number of hydrogen-bond donors (Lipinski definition) is 3. The Kier molecular flexibility index (Phi) is 7.07. The summed E-state index contributed by atoms with van der Waals surface area (Å²) in [5.41, 5.74) is 7.99. The fraction of sp³-hybridized carbons (Fsp3) is 0.464. The number of amides is 1. The van der Waals surface area contributed by atoms with E-state index in [2.05, 4.69) is 16.4 Å². The van der Waals surface area contributed by atoms with Gasteiger partial charge in [-0.15, -0.1) is 0 Å². The zero-order valence-corrected chi connectivity index (χ0v) is 21.4. The highest BCUT2D eigenvalue weighted by atomic mass is 16.5. The third-order valence-corrected chi connectivity index (χ3v) is 7.26. The monoisotopic (exact) mass is 489 g/mol. The molecular weight excluding hydrogens is 454 g/mol. The number of nitrogens with two attached hydrogens (primary N) is 1. The van der Waals surface area contributed by atoms with Crippen LogP contribution in [0.15, 0.2) is 47.5 Å². The number of rotatable bonds is 7. The van der Waals surface area contributed by atoms with Gasteiger partial charge in [-0.1, -0.05) is 32.0 Å². The van der Waals surface area contributed by atoms with Crippen molar-refractivity contribution < 1.29 is 14.6 Å². The first-order chi connectivity index (χ1) is 17.1. The van der Waals surface area contributed by atoms with Gasteiger partial charge >= 0.3 is 0 Å². The van der Waals surface area contributed by atoms with Crippen LogP contribution < -0.4 is 15.8 Å². The molecule has 2 aliphatic heterocycles. The van der Waals surface area contributed by atoms with Crippen LogP contribution in [-0.4, -0.2) is 33.0 Å². The minimum Gasteiger partial charge on any atom is -0.487 e. The smallest absolute Gasteiger partial charge is 0.232 e. The number of aliphatic imine (C=N–C) groups is 1. The Morgan fingerprint density at radius 2 is 2.00 bits per heavy atom. The quantitative estimate of drug-likeness (QED) is 0.504. The van der Waals surface area contributed by atoms with Gasteiger partial charge < -0.3 is 15.6 Å². The molecular formula is C28H35N5O3. The molecule has 1 unspecified atom stereocenters. The highest BCUT2D eigenvalue weighted by molar-refractivity contribution is 5.99. The van der Waals surface area contributed by atoms with Crippen molar-refractivity contribution >= 4 is 11.9 Å². The van der Waals surface area contributed by atoms with Gasteiger partial charge in [0.25, 0.3) is 0 Å². The van der Waals surface area contributed by atoms with Crippen LogP contribution in [-0.2, 0) is 11.3 Å². The molecule has 0 aromatic heterocycles. The van der Waals surface area contributed by atoms with E-state index in [-0.39, 0.29) is 24.5 Å². The average Bonchev–Trinajstić information content (AvgIpc) is 2.85. The fourth-order valence-electron chi connectivity index (χ4n) is 5.13. The summed E-state index contributed by atoms with van der Waals surface area (Å²) in [6.45, 7) is 8.24. The molecule has 2 aromatic carbocycles. The maximum Gasteiger partial charge on any atom is 0.232 e. The Morgan fingerprint density at radius 1 is 1.28 bits per heavy atom. The molecule has 2 aromatic rings. The summed E-state index contributed by atoms with van der Waals surface area (Å²) in [5, 5.41) is 24.1. The predicted octanol–water partition coefficient (Wildman–Crippen LogP) is 4.05. The first-order valence-corrected chi connectivity index (χ1v) is 12.5. The fourth-order valence-corrected chi connectivity index (χ4v) is 5.13. The Balaban J connectivity index is 1.58. The summed E-state index contributed by atoms with van der Waals surface area (Å²) in [6.07, 6.45) is 1.41. The van der Waals surface area contributed by atoms with E-state index in [0.717, 1.165) is 24.2 Å². The lowest BCUT2D eigenvalue weighted by atomic mass is 9.88. The normalized spacial score (nSPS) is 21.1. The number of guanidine groups is 1. The maximum atomic E-state index is 13.0. The number of aliphatic hydroxyl groups is 1. The summed E-state index contributed by atoms with van der Waals surface area (Å²) in [7, 11) is 0. The van der Waals surface area contributed by atoms with Crippen molar-refractivity contribution in [2.45, 2.75) is 83.3 Å². The van der Waals surface area contributed by atoms with Crippen molar-refractivity contribution in [1.29, 1.82) is 5.26 Å². The van der Waals surface area contributed by atoms with Gasteiger partial charge in [0, 0.05) is 18.0 Å². The molecule has 36 heavy (non-hydrogen) atoms. The zero-order chi connectivity index (χ0) is 26.1. The van der Waals surface area contributed by atoms with Crippen molar-refractivity contribution in [2.24, 2.45) is 10.7 Å². The number of aliphatic hydroxyl groups excluding tert-OH is 1. The number of carbonyl (C=O) groups is 1. The Hall–Kier alpha value is -3.41. The van der Waals surface area contributed by atoms with Gasteiger partial charge in [0.1, 0.15) is 17.6 Å². The van der Waals surface area contributed by atoms with Crippen LogP contribution in [0.2, 0.25) is 0 Å². The second-order valence-corrected chi connectivity index (χ2v) is 10.4. The third kappa shape index (κ3) is 5.23. The lowest BCUT2D eigenvalue weighted by Crippen LogP contribution is -2.50. The van der Waals surface area contributed by atoms with Crippen molar-refractivity contribution in [1.82, 2.24) is 10.2 Å². The number of carbonyl (C=O) groups excluding carboxylic acids is 1. The first-order valence-electron chi connectivity index (χ1n) is 12.5. The van der Waals surface area contributed by atoms with Crippen LogP contribution in [0, 0.1) is 11.3 Å². The van der Waals surface area contributed by atoms with E-state index in [9.17, 15) is 15.2 Å². The second-order valence-electron chi connectivity index (χ2n) is 10.4. The van der Waals surface area contributed by atoms with Crippen LogP contribution in [0.4, 0.5) is 0 Å². The van der Waals surface area contributed by atoms with Crippen LogP contribution in [0.3, 0.4) is 0 Å². The van der Waals surface area contributed by atoms with Gasteiger partial charge in [0.05, 0.1) is 30.1 Å². The van der Waals surface area contributed by atoms with Crippen LogP contribution >= 0.6 is 0 Å². The van der Waals surface area contributed by atoms with Gasteiger partial charge in [-0.05, 0) is 62.1 Å². The Labute approximate surface area is 212 Å². The van der Waals surface area contributed by atoms with Gasteiger partial charge in [0.2, 0.25) is 5.91 Å². The minimum atomic E-state index is -1.03. The van der Waals surface area contributed by atoms with E-state index in [1.54, 1.807) is 18.2 Å². The summed E-state index contributed by atoms with van der Waals surface area (Å²) in [5.74, 6) is 0.895. The van der Waals surface area contributed by atoms with E-state index >= 15 is 0 Å². The molecule has 0 saturated carbocycles. The lowest BCUT2D eigenvalue weighted by molar-refractivity contribution is -0.130. The lowest BCUT2D eigenvalue weighted by Gasteiger charge is -2.39. The van der Waals surface area contributed by atoms with E-state index in [4.69, 9.17) is 10.5 Å². The van der Waals surface area contributed by atoms with E-state index in [1.807, 2.05) is 52.0 Å². The summed E-state index contributed by atoms with van der Waals surface area (Å²) in [6, 6.07) is 15.0. The third-order valence-electron chi connectivity index (χ3n) is 7.26. The molecule has 4 N–H and O–H groups in total. The summed E-state index contributed by atoms with van der Waals surface area (Å²) >= 11 is 0. The Morgan fingerprint density at radius 3 is 2.67 bits per heavy atom. The molecule has 0 fully saturated rings. The highest BCUT2D eigenvalue weighted by Crippen LogP contribution is 2.40. The van der Waals surface area contributed by atoms with Crippen LogP contribution in [0.5, 0.6) is 5.75 Å². The predicted molar refractivity (Wildman–Crippen MR) is 138 cm³/mol. The summed E-state index contributed by atoms with van der Waals surface area (Å²) < 4.78 is 6.10. The maximum absolute atomic E-state index is 13.0. The van der Waals surface area contributed by atoms with Gasteiger partial charge in [-0.2, -0.15) is 5.26 Å². The van der Waals surface area contributed by atoms with Crippen molar-refractivity contribution in [3.05, 3.63) is 64.7 Å². The molecule has 2 heterocycles. The second kappa shape index (κ2) is 9.92. The number of ether oxygens (including phenoxy) is 1. The SMILES string of the molecule is CCC1(CC)CC(=O)N(Cc2cc(C#N)cc(C(O)N[C@@H]3CC(C)(C)Oc4ccccc43)c2)C(N)=N1. The highest BCUT2D eigenvalue weighted by Gasteiger charge is 2.37. The Bertz CT molecular complexity index is 1210. The van der Waals surface area contributed by atoms with Gasteiger partial charge in [-0.25, -0.2) is 4.99 Å². The van der Waals surface area contributed by atoms with Crippen LogP contribution in [0.25, 0.3) is 0 Å². The van der Waals surface area contributed by atoms with Gasteiger partial charge in [0.15, 0.2) is 5.96 Å². The number of benzene rings is 2. The molecule has 0 bridgehead atoms. The topological polar surface area (TPSA) is 124 Å². The number of nitriles is 1. The van der Waals surface area contributed by atoms with Crippen molar-refractivity contribution in [3.8, 4) is 11.8 Å². The molecule has 0 saturated heterocycles. The molecule has 0 spiro atoms. The molecule has 190 valence electrons. The number of hydrogen-bond acceptors (Lipinski definition) is 7. The number of fused-ring (bicyclic) bond motifs is 1.